The highest BCUT2D eigenvalue weighted by atomic mass is 35.5. The highest BCUT2D eigenvalue weighted by Crippen LogP contribution is 2.30. The van der Waals surface area contributed by atoms with Gasteiger partial charge >= 0.3 is 0 Å². The van der Waals surface area contributed by atoms with Crippen LogP contribution in [0.3, 0.4) is 0 Å². The highest BCUT2D eigenvalue weighted by molar-refractivity contribution is 6.30. The SMILES string of the molecule is CC1CC(CN)CN1C(=O)c1cn(-c2ccccc2)nc1-c1ccc(Cl)cc1.Cl. The van der Waals surface area contributed by atoms with Crippen molar-refractivity contribution in [1.82, 2.24) is 14.7 Å². The lowest BCUT2D eigenvalue weighted by atomic mass is 10.1. The molecule has 0 radical (unpaired) electrons. The number of likely N-dealkylation sites (tertiary alicyclic amines) is 1. The first-order valence-corrected chi connectivity index (χ1v) is 9.86. The fourth-order valence-electron chi connectivity index (χ4n) is 3.82. The van der Waals surface area contributed by atoms with Gasteiger partial charge in [-0.3, -0.25) is 4.79 Å². The molecule has 2 unspecified atom stereocenters. The van der Waals surface area contributed by atoms with Crippen molar-refractivity contribution in [1.29, 1.82) is 0 Å². The molecular weight excluding hydrogens is 407 g/mol. The van der Waals surface area contributed by atoms with E-state index in [1.165, 1.54) is 0 Å². The number of rotatable bonds is 4. The number of benzene rings is 2. The normalized spacial score (nSPS) is 18.5. The van der Waals surface area contributed by atoms with Gasteiger partial charge in [0, 0.05) is 29.4 Å². The third-order valence-electron chi connectivity index (χ3n) is 5.34. The molecular formula is C22H24Cl2N4O. The van der Waals surface area contributed by atoms with E-state index < -0.39 is 0 Å². The smallest absolute Gasteiger partial charge is 0.257 e. The molecule has 1 aliphatic heterocycles. The number of aromatic nitrogens is 2. The number of carbonyl (C=O) groups is 1. The number of hydrogen-bond acceptors (Lipinski definition) is 3. The third kappa shape index (κ3) is 4.32. The summed E-state index contributed by atoms with van der Waals surface area (Å²) in [5.74, 6) is 0.345. The van der Waals surface area contributed by atoms with Gasteiger partial charge in [0.1, 0.15) is 5.69 Å². The molecule has 5 nitrogen and oxygen atoms in total. The molecule has 2 heterocycles. The maximum absolute atomic E-state index is 13.4. The third-order valence-corrected chi connectivity index (χ3v) is 5.59. The average Bonchev–Trinajstić information content (AvgIpc) is 3.33. The molecule has 0 aliphatic carbocycles. The minimum absolute atomic E-state index is 0. The Kier molecular flexibility index (Phi) is 6.63. The molecule has 3 aromatic rings. The zero-order valence-electron chi connectivity index (χ0n) is 16.2. The van der Waals surface area contributed by atoms with E-state index in [0.29, 0.717) is 35.3 Å². The summed E-state index contributed by atoms with van der Waals surface area (Å²) in [5, 5.41) is 5.39. The molecule has 0 saturated carbocycles. The summed E-state index contributed by atoms with van der Waals surface area (Å²) in [6.07, 6.45) is 2.76. The van der Waals surface area contributed by atoms with E-state index >= 15 is 0 Å². The fraction of sp³-hybridized carbons (Fsp3) is 0.273. The molecule has 4 rings (SSSR count). The van der Waals surface area contributed by atoms with Crippen LogP contribution < -0.4 is 5.73 Å². The summed E-state index contributed by atoms with van der Waals surface area (Å²) in [7, 11) is 0. The first-order valence-electron chi connectivity index (χ1n) is 9.49. The Morgan fingerprint density at radius 3 is 2.48 bits per heavy atom. The standard InChI is InChI=1S/C22H23ClN4O.ClH/c1-15-11-16(12-24)13-26(15)22(28)20-14-27(19-5-3-2-4-6-19)25-21(20)17-7-9-18(23)10-8-17;/h2-10,14-16H,11-13,24H2,1H3;1H. The van der Waals surface area contributed by atoms with Gasteiger partial charge in [0.05, 0.1) is 11.3 Å². The molecule has 1 aromatic heterocycles. The monoisotopic (exact) mass is 430 g/mol. The van der Waals surface area contributed by atoms with Gasteiger partial charge in [0.2, 0.25) is 0 Å². The molecule has 152 valence electrons. The van der Waals surface area contributed by atoms with E-state index in [1.807, 2.05) is 65.7 Å². The van der Waals surface area contributed by atoms with Gasteiger partial charge in [-0.15, -0.1) is 12.4 Å². The van der Waals surface area contributed by atoms with Crippen LogP contribution in [0, 0.1) is 5.92 Å². The van der Waals surface area contributed by atoms with E-state index in [-0.39, 0.29) is 24.4 Å². The van der Waals surface area contributed by atoms with Crippen molar-refractivity contribution in [3.63, 3.8) is 0 Å². The largest absolute Gasteiger partial charge is 0.335 e. The van der Waals surface area contributed by atoms with Crippen molar-refractivity contribution in [3.8, 4) is 16.9 Å². The van der Waals surface area contributed by atoms with Gasteiger partial charge in [-0.2, -0.15) is 5.10 Å². The van der Waals surface area contributed by atoms with Crippen LogP contribution in [-0.2, 0) is 0 Å². The fourth-order valence-corrected chi connectivity index (χ4v) is 3.94. The summed E-state index contributed by atoms with van der Waals surface area (Å²) in [5.41, 5.74) is 8.87. The molecule has 29 heavy (non-hydrogen) atoms. The predicted molar refractivity (Wildman–Crippen MR) is 119 cm³/mol. The van der Waals surface area contributed by atoms with Crippen LogP contribution in [0.4, 0.5) is 0 Å². The van der Waals surface area contributed by atoms with Crippen LogP contribution in [-0.4, -0.2) is 39.7 Å². The Labute approximate surface area is 181 Å². The minimum atomic E-state index is -0.00409. The maximum Gasteiger partial charge on any atom is 0.257 e. The van der Waals surface area contributed by atoms with Gasteiger partial charge in [0.15, 0.2) is 0 Å². The zero-order chi connectivity index (χ0) is 19.7. The van der Waals surface area contributed by atoms with E-state index in [2.05, 4.69) is 6.92 Å². The Bertz CT molecular complexity index is 972. The summed E-state index contributed by atoms with van der Waals surface area (Å²) in [6.45, 7) is 3.37. The Morgan fingerprint density at radius 2 is 1.86 bits per heavy atom. The topological polar surface area (TPSA) is 64.2 Å². The number of nitrogens with zero attached hydrogens (tertiary/aromatic N) is 3. The molecule has 2 aromatic carbocycles. The molecule has 1 saturated heterocycles. The summed E-state index contributed by atoms with van der Waals surface area (Å²) >= 11 is 6.04. The van der Waals surface area contributed by atoms with Crippen molar-refractivity contribution in [2.24, 2.45) is 11.7 Å². The number of halogens is 2. The van der Waals surface area contributed by atoms with Crippen molar-refractivity contribution in [2.45, 2.75) is 19.4 Å². The lowest BCUT2D eigenvalue weighted by molar-refractivity contribution is 0.0744. The first kappa shape index (κ1) is 21.4. The van der Waals surface area contributed by atoms with Gasteiger partial charge in [-0.05, 0) is 50.1 Å². The number of hydrogen-bond donors (Lipinski definition) is 1. The van der Waals surface area contributed by atoms with Gasteiger partial charge in [-0.1, -0.05) is 41.9 Å². The molecule has 1 amide bonds. The van der Waals surface area contributed by atoms with E-state index in [1.54, 1.807) is 4.68 Å². The second kappa shape index (κ2) is 8.99. The zero-order valence-corrected chi connectivity index (χ0v) is 17.7. The lowest BCUT2D eigenvalue weighted by Gasteiger charge is -2.21. The van der Waals surface area contributed by atoms with Crippen molar-refractivity contribution in [2.75, 3.05) is 13.1 Å². The average molecular weight is 431 g/mol. The van der Waals surface area contributed by atoms with E-state index in [0.717, 1.165) is 17.7 Å². The van der Waals surface area contributed by atoms with Crippen LogP contribution in [0.2, 0.25) is 5.02 Å². The summed E-state index contributed by atoms with van der Waals surface area (Å²) in [6, 6.07) is 17.4. The van der Waals surface area contributed by atoms with Crippen molar-refractivity contribution in [3.05, 3.63) is 71.4 Å². The van der Waals surface area contributed by atoms with Crippen LogP contribution in [0.1, 0.15) is 23.7 Å². The molecule has 0 bridgehead atoms. The van der Waals surface area contributed by atoms with E-state index in [4.69, 9.17) is 22.4 Å². The predicted octanol–water partition coefficient (Wildman–Crippen LogP) is 4.42. The van der Waals surface area contributed by atoms with Crippen LogP contribution >= 0.6 is 24.0 Å². The van der Waals surface area contributed by atoms with Gasteiger partial charge in [-0.25, -0.2) is 4.68 Å². The van der Waals surface area contributed by atoms with Gasteiger partial charge in [0.25, 0.3) is 5.91 Å². The van der Waals surface area contributed by atoms with Crippen molar-refractivity contribution >= 4 is 29.9 Å². The first-order chi connectivity index (χ1) is 13.6. The Morgan fingerprint density at radius 1 is 1.17 bits per heavy atom. The second-order valence-corrected chi connectivity index (χ2v) is 7.76. The summed E-state index contributed by atoms with van der Waals surface area (Å²) < 4.78 is 1.76. The number of nitrogens with two attached hydrogens (primary N) is 1. The number of carbonyl (C=O) groups excluding carboxylic acids is 1. The summed E-state index contributed by atoms with van der Waals surface area (Å²) in [4.78, 5) is 15.4. The number of para-hydroxylation sites is 1. The molecule has 0 spiro atoms. The minimum Gasteiger partial charge on any atom is -0.335 e. The molecule has 1 fully saturated rings. The van der Waals surface area contributed by atoms with Gasteiger partial charge < -0.3 is 10.6 Å². The highest BCUT2D eigenvalue weighted by Gasteiger charge is 2.34. The molecule has 2 N–H and O–H groups in total. The Hall–Kier alpha value is -2.34. The molecule has 1 aliphatic rings. The van der Waals surface area contributed by atoms with Crippen LogP contribution in [0.25, 0.3) is 16.9 Å². The van der Waals surface area contributed by atoms with Crippen LogP contribution in [0.15, 0.2) is 60.8 Å². The van der Waals surface area contributed by atoms with E-state index in [9.17, 15) is 4.79 Å². The quantitative estimate of drug-likeness (QED) is 0.665. The van der Waals surface area contributed by atoms with Crippen LogP contribution in [0.5, 0.6) is 0 Å². The molecule has 2 atom stereocenters. The van der Waals surface area contributed by atoms with Crippen molar-refractivity contribution < 1.29 is 4.79 Å². The Balaban J connectivity index is 0.00000240. The maximum atomic E-state index is 13.4. The number of amides is 1. The second-order valence-electron chi connectivity index (χ2n) is 7.32. The molecule has 7 heteroatoms. The lowest BCUT2D eigenvalue weighted by Crippen LogP contribution is -2.34.